The van der Waals surface area contributed by atoms with Crippen LogP contribution in [0.25, 0.3) is 0 Å². The molecule has 9 nitrogen and oxygen atoms in total. The smallest absolute Gasteiger partial charge is 0.309 e. The molecule has 2 aliphatic heterocycles. The van der Waals surface area contributed by atoms with Gasteiger partial charge >= 0.3 is 11.8 Å². The highest BCUT2D eigenvalue weighted by atomic mass is 16.7. The standard InChI is InChI=1S/C20H30N4O5/c1-23(2)7-3-6-21-19(25)20(26)22-13-16(24-8-10-27-11-9-24)15-4-5-17-18(12-15)29-14-28-17/h4-5,12,16H,3,6-11,13-14H2,1-2H3,(H,21,25)(H,22,26). The first-order chi connectivity index (χ1) is 14.0. The summed E-state index contributed by atoms with van der Waals surface area (Å²) >= 11 is 0. The van der Waals surface area contributed by atoms with Gasteiger partial charge in [0, 0.05) is 26.2 Å². The Morgan fingerprint density at radius 3 is 2.59 bits per heavy atom. The van der Waals surface area contributed by atoms with Crippen molar-refractivity contribution in [1.82, 2.24) is 20.4 Å². The summed E-state index contributed by atoms with van der Waals surface area (Å²) in [5.41, 5.74) is 1.00. The quantitative estimate of drug-likeness (QED) is 0.463. The van der Waals surface area contributed by atoms with Crippen LogP contribution in [0.15, 0.2) is 18.2 Å². The van der Waals surface area contributed by atoms with Crippen molar-refractivity contribution >= 4 is 11.8 Å². The maximum absolute atomic E-state index is 12.3. The summed E-state index contributed by atoms with van der Waals surface area (Å²) in [6.07, 6.45) is 0.791. The van der Waals surface area contributed by atoms with Gasteiger partial charge in [-0.3, -0.25) is 14.5 Å². The van der Waals surface area contributed by atoms with Crippen LogP contribution in [0, 0.1) is 0 Å². The predicted molar refractivity (Wildman–Crippen MR) is 107 cm³/mol. The maximum atomic E-state index is 12.3. The van der Waals surface area contributed by atoms with E-state index in [1.807, 2.05) is 37.2 Å². The molecule has 2 aliphatic rings. The van der Waals surface area contributed by atoms with Crippen molar-refractivity contribution in [3.63, 3.8) is 0 Å². The van der Waals surface area contributed by atoms with Crippen molar-refractivity contribution in [2.75, 3.05) is 66.8 Å². The molecule has 0 aliphatic carbocycles. The third-order valence-corrected chi connectivity index (χ3v) is 5.00. The number of hydrogen-bond acceptors (Lipinski definition) is 7. The molecule has 0 spiro atoms. The van der Waals surface area contributed by atoms with Gasteiger partial charge in [-0.1, -0.05) is 6.07 Å². The molecule has 1 saturated heterocycles. The van der Waals surface area contributed by atoms with Crippen LogP contribution in [-0.4, -0.2) is 88.4 Å². The van der Waals surface area contributed by atoms with Crippen LogP contribution in [0.3, 0.4) is 0 Å². The molecule has 0 saturated carbocycles. The molecule has 1 fully saturated rings. The highest BCUT2D eigenvalue weighted by molar-refractivity contribution is 6.35. The number of carbonyl (C=O) groups excluding carboxylic acids is 2. The van der Waals surface area contributed by atoms with Crippen LogP contribution in [0.4, 0.5) is 0 Å². The van der Waals surface area contributed by atoms with Crippen molar-refractivity contribution in [1.29, 1.82) is 0 Å². The number of amides is 2. The monoisotopic (exact) mass is 406 g/mol. The number of ether oxygens (including phenoxy) is 3. The summed E-state index contributed by atoms with van der Waals surface area (Å²) in [6, 6.07) is 5.71. The Morgan fingerprint density at radius 1 is 1.10 bits per heavy atom. The van der Waals surface area contributed by atoms with Crippen LogP contribution < -0.4 is 20.1 Å². The van der Waals surface area contributed by atoms with Gasteiger partial charge in [0.25, 0.3) is 0 Å². The molecule has 0 radical (unpaired) electrons. The van der Waals surface area contributed by atoms with Gasteiger partial charge in [-0.25, -0.2) is 0 Å². The topological polar surface area (TPSA) is 92.4 Å². The van der Waals surface area contributed by atoms with E-state index in [0.717, 1.165) is 37.4 Å². The van der Waals surface area contributed by atoms with E-state index >= 15 is 0 Å². The number of carbonyl (C=O) groups is 2. The van der Waals surface area contributed by atoms with E-state index in [1.165, 1.54) is 0 Å². The van der Waals surface area contributed by atoms with E-state index in [9.17, 15) is 9.59 Å². The summed E-state index contributed by atoms with van der Waals surface area (Å²) < 4.78 is 16.3. The third-order valence-electron chi connectivity index (χ3n) is 5.00. The predicted octanol–water partition coefficient (Wildman–Crippen LogP) is -0.0273. The fraction of sp³-hybridized carbons (Fsp3) is 0.600. The second-order valence-electron chi connectivity index (χ2n) is 7.40. The van der Waals surface area contributed by atoms with Crippen molar-refractivity contribution in [2.24, 2.45) is 0 Å². The van der Waals surface area contributed by atoms with Crippen LogP contribution in [0.2, 0.25) is 0 Å². The molecular weight excluding hydrogens is 376 g/mol. The Balaban J connectivity index is 1.58. The molecule has 0 bridgehead atoms. The Hall–Kier alpha value is -2.36. The van der Waals surface area contributed by atoms with Crippen molar-refractivity contribution in [3.05, 3.63) is 23.8 Å². The molecule has 1 unspecified atom stereocenters. The lowest BCUT2D eigenvalue weighted by molar-refractivity contribution is -0.139. The average molecular weight is 406 g/mol. The molecule has 9 heteroatoms. The van der Waals surface area contributed by atoms with E-state index in [1.54, 1.807) is 0 Å². The summed E-state index contributed by atoms with van der Waals surface area (Å²) in [7, 11) is 3.94. The van der Waals surface area contributed by atoms with Gasteiger partial charge < -0.3 is 29.7 Å². The lowest BCUT2D eigenvalue weighted by atomic mass is 10.0. The zero-order valence-electron chi connectivity index (χ0n) is 17.1. The normalized spacial score (nSPS) is 17.2. The molecule has 2 amide bonds. The maximum Gasteiger partial charge on any atom is 0.309 e. The highest BCUT2D eigenvalue weighted by Crippen LogP contribution is 2.35. The molecule has 1 aromatic rings. The van der Waals surface area contributed by atoms with Crippen molar-refractivity contribution < 1.29 is 23.8 Å². The van der Waals surface area contributed by atoms with Gasteiger partial charge in [0.2, 0.25) is 6.79 Å². The van der Waals surface area contributed by atoms with Gasteiger partial charge in [0.1, 0.15) is 0 Å². The largest absolute Gasteiger partial charge is 0.454 e. The minimum atomic E-state index is -0.617. The molecule has 1 atom stereocenters. The third kappa shape index (κ3) is 6.06. The summed E-state index contributed by atoms with van der Waals surface area (Å²) in [5.74, 6) is 0.199. The second kappa shape index (κ2) is 10.4. The Bertz CT molecular complexity index is 706. The zero-order chi connectivity index (χ0) is 20.6. The molecule has 0 aromatic heterocycles. The van der Waals surface area contributed by atoms with Crippen LogP contribution >= 0.6 is 0 Å². The van der Waals surface area contributed by atoms with Gasteiger partial charge in [-0.2, -0.15) is 0 Å². The Labute approximate surface area is 171 Å². The van der Waals surface area contributed by atoms with Gasteiger partial charge in [-0.15, -0.1) is 0 Å². The molecule has 1 aromatic carbocycles. The lowest BCUT2D eigenvalue weighted by Crippen LogP contribution is -2.47. The van der Waals surface area contributed by atoms with Gasteiger partial charge in [-0.05, 0) is 44.8 Å². The minimum Gasteiger partial charge on any atom is -0.454 e. The first-order valence-electron chi connectivity index (χ1n) is 9.96. The molecular formula is C20H30N4O5. The van der Waals surface area contributed by atoms with Crippen LogP contribution in [0.1, 0.15) is 18.0 Å². The first kappa shape index (κ1) is 21.4. The van der Waals surface area contributed by atoms with E-state index in [2.05, 4.69) is 15.5 Å². The number of hydrogen-bond donors (Lipinski definition) is 2. The SMILES string of the molecule is CN(C)CCCNC(=O)C(=O)NCC(c1ccc2c(c1)OCO2)N1CCOCC1. The zero-order valence-corrected chi connectivity index (χ0v) is 17.1. The number of rotatable bonds is 8. The Kier molecular flexibility index (Phi) is 7.68. The number of nitrogens with one attached hydrogen (secondary N) is 2. The van der Waals surface area contributed by atoms with E-state index in [4.69, 9.17) is 14.2 Å². The molecule has 160 valence electrons. The van der Waals surface area contributed by atoms with Gasteiger partial charge in [0.15, 0.2) is 11.5 Å². The summed E-state index contributed by atoms with van der Waals surface area (Å²) in [5, 5.41) is 5.45. The first-order valence-corrected chi connectivity index (χ1v) is 9.96. The number of morpholine rings is 1. The van der Waals surface area contributed by atoms with Gasteiger partial charge in [0.05, 0.1) is 19.3 Å². The van der Waals surface area contributed by atoms with E-state index in [0.29, 0.717) is 32.1 Å². The number of benzene rings is 1. The van der Waals surface area contributed by atoms with E-state index < -0.39 is 11.8 Å². The van der Waals surface area contributed by atoms with Crippen LogP contribution in [0.5, 0.6) is 11.5 Å². The summed E-state index contributed by atoms with van der Waals surface area (Å²) in [4.78, 5) is 28.6. The van der Waals surface area contributed by atoms with Crippen LogP contribution in [-0.2, 0) is 14.3 Å². The second-order valence-corrected chi connectivity index (χ2v) is 7.40. The highest BCUT2D eigenvalue weighted by Gasteiger charge is 2.26. The van der Waals surface area contributed by atoms with Crippen molar-refractivity contribution in [3.8, 4) is 11.5 Å². The molecule has 3 rings (SSSR count). The molecule has 2 N–H and O–H groups in total. The minimum absolute atomic E-state index is 0.0844. The summed E-state index contributed by atoms with van der Waals surface area (Å²) in [6.45, 7) is 4.65. The lowest BCUT2D eigenvalue weighted by Gasteiger charge is -2.34. The fourth-order valence-electron chi connectivity index (χ4n) is 3.41. The fourth-order valence-corrected chi connectivity index (χ4v) is 3.41. The number of nitrogens with zero attached hydrogens (tertiary/aromatic N) is 2. The van der Waals surface area contributed by atoms with Crippen molar-refractivity contribution in [2.45, 2.75) is 12.5 Å². The Morgan fingerprint density at radius 2 is 1.83 bits per heavy atom. The molecule has 29 heavy (non-hydrogen) atoms. The average Bonchev–Trinajstić information content (AvgIpc) is 3.19. The van der Waals surface area contributed by atoms with E-state index in [-0.39, 0.29) is 12.8 Å². The molecule has 2 heterocycles. The number of fused-ring (bicyclic) bond motifs is 1.